The van der Waals surface area contributed by atoms with Gasteiger partial charge in [-0.3, -0.25) is 4.79 Å². The first-order valence-electron chi connectivity index (χ1n) is 7.40. The van der Waals surface area contributed by atoms with Crippen molar-refractivity contribution in [1.29, 1.82) is 0 Å². The van der Waals surface area contributed by atoms with Crippen molar-refractivity contribution in [2.75, 3.05) is 6.61 Å². The topological polar surface area (TPSA) is 46.5 Å². The molecule has 2 aliphatic carbocycles. The predicted octanol–water partition coefficient (Wildman–Crippen LogP) is 2.99. The Labute approximate surface area is 115 Å². The van der Waals surface area contributed by atoms with Gasteiger partial charge in [0, 0.05) is 6.42 Å². The highest BCUT2D eigenvalue weighted by Gasteiger charge is 2.28. The van der Waals surface area contributed by atoms with Crippen LogP contribution in [0.3, 0.4) is 0 Å². The van der Waals surface area contributed by atoms with Crippen LogP contribution in [0.2, 0.25) is 0 Å². The van der Waals surface area contributed by atoms with Gasteiger partial charge in [-0.05, 0) is 50.9 Å². The van der Waals surface area contributed by atoms with Gasteiger partial charge in [0.25, 0.3) is 0 Å². The average molecular weight is 264 g/mol. The molecule has 0 heterocycles. The van der Waals surface area contributed by atoms with Crippen molar-refractivity contribution < 1.29 is 14.6 Å². The lowest BCUT2D eigenvalue weighted by Gasteiger charge is -2.22. The van der Waals surface area contributed by atoms with Crippen LogP contribution in [-0.4, -0.2) is 23.8 Å². The third-order valence-electron chi connectivity index (χ3n) is 4.18. The van der Waals surface area contributed by atoms with E-state index in [-0.39, 0.29) is 12.1 Å². The lowest BCUT2D eigenvalue weighted by molar-refractivity contribution is -0.143. The first kappa shape index (κ1) is 14.3. The van der Waals surface area contributed by atoms with Gasteiger partial charge >= 0.3 is 5.97 Å². The number of aliphatic hydroxyl groups is 1. The summed E-state index contributed by atoms with van der Waals surface area (Å²) in [6, 6.07) is 0. The molecule has 2 rings (SSSR count). The molecule has 0 spiro atoms. The Bertz CT molecular complexity index is 370. The molecule has 3 nitrogen and oxygen atoms in total. The van der Waals surface area contributed by atoms with E-state index in [1.807, 2.05) is 6.92 Å². The Balaban J connectivity index is 1.74. The largest absolute Gasteiger partial charge is 0.466 e. The second kappa shape index (κ2) is 6.90. The normalized spacial score (nSPS) is 30.2. The zero-order valence-electron chi connectivity index (χ0n) is 11.7. The maximum atomic E-state index is 11.3. The number of allylic oxidation sites excluding steroid dienone is 4. The van der Waals surface area contributed by atoms with Gasteiger partial charge in [-0.15, -0.1) is 0 Å². The molecule has 19 heavy (non-hydrogen) atoms. The molecular weight excluding hydrogens is 240 g/mol. The molecule has 3 atom stereocenters. The summed E-state index contributed by atoms with van der Waals surface area (Å²) in [7, 11) is 0. The second-order valence-corrected chi connectivity index (χ2v) is 5.57. The van der Waals surface area contributed by atoms with Gasteiger partial charge in [-0.1, -0.05) is 23.8 Å². The maximum Gasteiger partial charge on any atom is 0.306 e. The van der Waals surface area contributed by atoms with Crippen LogP contribution in [-0.2, 0) is 9.53 Å². The van der Waals surface area contributed by atoms with Crippen LogP contribution in [0.4, 0.5) is 0 Å². The number of hydrogen-bond acceptors (Lipinski definition) is 3. The van der Waals surface area contributed by atoms with E-state index in [4.69, 9.17) is 4.74 Å². The van der Waals surface area contributed by atoms with E-state index in [1.54, 1.807) is 0 Å². The van der Waals surface area contributed by atoms with E-state index in [1.165, 1.54) is 5.57 Å². The van der Waals surface area contributed by atoms with Crippen molar-refractivity contribution in [3.8, 4) is 0 Å². The third kappa shape index (κ3) is 4.20. The number of hydrogen-bond donors (Lipinski definition) is 1. The Kier molecular flexibility index (Phi) is 5.20. The Morgan fingerprint density at radius 1 is 1.47 bits per heavy atom. The van der Waals surface area contributed by atoms with Crippen LogP contribution >= 0.6 is 0 Å². The molecule has 0 aliphatic heterocycles. The summed E-state index contributed by atoms with van der Waals surface area (Å²) in [5.74, 6) is 1.09. The van der Waals surface area contributed by atoms with Crippen molar-refractivity contribution >= 4 is 5.97 Å². The molecule has 0 amide bonds. The maximum absolute atomic E-state index is 11.3. The van der Waals surface area contributed by atoms with Gasteiger partial charge < -0.3 is 9.84 Å². The smallest absolute Gasteiger partial charge is 0.306 e. The van der Waals surface area contributed by atoms with Gasteiger partial charge in [-0.2, -0.15) is 0 Å². The van der Waals surface area contributed by atoms with Crippen molar-refractivity contribution in [3.05, 3.63) is 23.8 Å². The predicted molar refractivity (Wildman–Crippen MR) is 74.5 cm³/mol. The Hall–Kier alpha value is -1.09. The Morgan fingerprint density at radius 2 is 2.32 bits per heavy atom. The first-order chi connectivity index (χ1) is 9.19. The van der Waals surface area contributed by atoms with E-state index in [2.05, 4.69) is 18.2 Å². The Morgan fingerprint density at radius 3 is 2.89 bits per heavy atom. The van der Waals surface area contributed by atoms with Crippen molar-refractivity contribution in [2.45, 2.75) is 51.6 Å². The fraction of sp³-hybridized carbons (Fsp3) is 0.688. The van der Waals surface area contributed by atoms with Gasteiger partial charge in [0.2, 0.25) is 0 Å². The van der Waals surface area contributed by atoms with Crippen LogP contribution in [0, 0.1) is 11.8 Å². The van der Waals surface area contributed by atoms with Crippen LogP contribution in [0.15, 0.2) is 23.8 Å². The summed E-state index contributed by atoms with van der Waals surface area (Å²) in [6.07, 6.45) is 11.9. The molecule has 1 saturated carbocycles. The summed E-state index contributed by atoms with van der Waals surface area (Å²) in [5, 5.41) is 9.59. The molecule has 0 aromatic rings. The monoisotopic (exact) mass is 264 g/mol. The fourth-order valence-corrected chi connectivity index (χ4v) is 3.08. The van der Waals surface area contributed by atoms with Crippen LogP contribution in [0.5, 0.6) is 0 Å². The minimum absolute atomic E-state index is 0.0902. The SMILES string of the molecule is CCOC(=O)CCC1=CCC([C@H]2CC[C@@H](O)C2)C=C1. The number of carbonyl (C=O) groups excluding carboxylic acids is 1. The summed E-state index contributed by atoms with van der Waals surface area (Å²) in [5.41, 5.74) is 1.24. The summed E-state index contributed by atoms with van der Waals surface area (Å²) in [6.45, 7) is 2.29. The van der Waals surface area contributed by atoms with E-state index >= 15 is 0 Å². The third-order valence-corrected chi connectivity index (χ3v) is 4.18. The molecule has 106 valence electrons. The lowest BCUT2D eigenvalue weighted by atomic mass is 9.83. The molecule has 0 aromatic carbocycles. The van der Waals surface area contributed by atoms with E-state index < -0.39 is 0 Å². The minimum atomic E-state index is -0.113. The number of esters is 1. The zero-order chi connectivity index (χ0) is 13.7. The standard InChI is InChI=1S/C16H24O3/c1-2-19-16(18)10-5-12-3-6-13(7-4-12)14-8-9-15(17)11-14/h3-4,6,13-15,17H,2,5,7-11H2,1H3/t13?,14-,15+/m0/s1. The van der Waals surface area contributed by atoms with Gasteiger partial charge in [0.05, 0.1) is 12.7 Å². The molecule has 0 radical (unpaired) electrons. The van der Waals surface area contributed by atoms with Crippen LogP contribution in [0.1, 0.15) is 45.4 Å². The lowest BCUT2D eigenvalue weighted by Crippen LogP contribution is -2.12. The molecular formula is C16H24O3. The molecule has 3 heteroatoms. The first-order valence-corrected chi connectivity index (χ1v) is 7.40. The summed E-state index contributed by atoms with van der Waals surface area (Å²) >= 11 is 0. The van der Waals surface area contributed by atoms with Crippen LogP contribution < -0.4 is 0 Å². The molecule has 1 N–H and O–H groups in total. The van der Waals surface area contributed by atoms with E-state index in [9.17, 15) is 9.90 Å². The minimum Gasteiger partial charge on any atom is -0.466 e. The van der Waals surface area contributed by atoms with Gasteiger partial charge in [-0.25, -0.2) is 0 Å². The quantitative estimate of drug-likeness (QED) is 0.776. The highest BCUT2D eigenvalue weighted by atomic mass is 16.5. The van der Waals surface area contributed by atoms with Crippen molar-refractivity contribution in [2.24, 2.45) is 11.8 Å². The number of aliphatic hydroxyl groups excluding tert-OH is 1. The van der Waals surface area contributed by atoms with E-state index in [0.29, 0.717) is 24.9 Å². The van der Waals surface area contributed by atoms with Crippen LogP contribution in [0.25, 0.3) is 0 Å². The summed E-state index contributed by atoms with van der Waals surface area (Å²) < 4.78 is 4.93. The highest BCUT2D eigenvalue weighted by Crippen LogP contribution is 2.36. The molecule has 0 bridgehead atoms. The number of rotatable bonds is 5. The zero-order valence-corrected chi connectivity index (χ0v) is 11.7. The molecule has 1 fully saturated rings. The number of carbonyl (C=O) groups is 1. The summed E-state index contributed by atoms with van der Waals surface area (Å²) in [4.78, 5) is 11.3. The number of ether oxygens (including phenoxy) is 1. The fourth-order valence-electron chi connectivity index (χ4n) is 3.08. The molecule has 1 unspecified atom stereocenters. The van der Waals surface area contributed by atoms with Crippen molar-refractivity contribution in [1.82, 2.24) is 0 Å². The molecule has 0 aromatic heterocycles. The highest BCUT2D eigenvalue weighted by molar-refractivity contribution is 5.69. The van der Waals surface area contributed by atoms with Gasteiger partial charge in [0.15, 0.2) is 0 Å². The second-order valence-electron chi connectivity index (χ2n) is 5.57. The molecule has 0 saturated heterocycles. The van der Waals surface area contributed by atoms with Crippen molar-refractivity contribution in [3.63, 3.8) is 0 Å². The molecule has 2 aliphatic rings. The van der Waals surface area contributed by atoms with Gasteiger partial charge in [0.1, 0.15) is 0 Å². The van der Waals surface area contributed by atoms with E-state index in [0.717, 1.165) is 32.1 Å². The average Bonchev–Trinajstić information content (AvgIpc) is 2.84.